The monoisotopic (exact) mass is 421 g/mol. The van der Waals surface area contributed by atoms with Crippen molar-refractivity contribution in [1.29, 1.82) is 0 Å². The standard InChI is InChI=1S/C19H18F3N5O3/c1-10-7-14-16(12-4-3-11(29-2)8-15(12)30-19(20,21)22)25-26-18(27(14)9-10)24-13-5-6-23-17(13)28/h3-4,7-9,13H,5-6H2,1-2H3,(H,23,28)(H,24,26). The molecule has 1 fully saturated rings. The van der Waals surface area contributed by atoms with E-state index >= 15 is 0 Å². The van der Waals surface area contributed by atoms with Crippen molar-refractivity contribution in [1.82, 2.24) is 19.9 Å². The van der Waals surface area contributed by atoms with Gasteiger partial charge in [-0.1, -0.05) is 0 Å². The average Bonchev–Trinajstić information content (AvgIpc) is 3.26. The van der Waals surface area contributed by atoms with Crippen molar-refractivity contribution in [2.45, 2.75) is 25.7 Å². The van der Waals surface area contributed by atoms with Crippen LogP contribution >= 0.6 is 0 Å². The number of nitrogens with zero attached hydrogens (tertiary/aromatic N) is 3. The summed E-state index contributed by atoms with van der Waals surface area (Å²) in [6.07, 6.45) is -2.54. The minimum absolute atomic E-state index is 0.105. The van der Waals surface area contributed by atoms with Gasteiger partial charge in [0.05, 0.1) is 12.6 Å². The summed E-state index contributed by atoms with van der Waals surface area (Å²) in [6.45, 7) is 2.39. The van der Waals surface area contributed by atoms with E-state index in [1.54, 1.807) is 16.7 Å². The number of methoxy groups -OCH3 is 1. The summed E-state index contributed by atoms with van der Waals surface area (Å²) in [7, 11) is 1.35. The summed E-state index contributed by atoms with van der Waals surface area (Å²) in [5, 5.41) is 14.0. The van der Waals surface area contributed by atoms with Crippen molar-refractivity contribution in [3.05, 3.63) is 36.0 Å². The number of amides is 1. The molecule has 8 nitrogen and oxygen atoms in total. The molecule has 158 valence electrons. The zero-order chi connectivity index (χ0) is 21.5. The van der Waals surface area contributed by atoms with Gasteiger partial charge in [-0.3, -0.25) is 9.20 Å². The Morgan fingerprint density at radius 2 is 2.07 bits per heavy atom. The Morgan fingerprint density at radius 1 is 1.27 bits per heavy atom. The maximum atomic E-state index is 13.0. The molecule has 1 aliphatic heterocycles. The van der Waals surface area contributed by atoms with E-state index in [9.17, 15) is 18.0 Å². The number of anilines is 1. The fourth-order valence-corrected chi connectivity index (χ4v) is 3.36. The highest BCUT2D eigenvalue weighted by atomic mass is 19.4. The number of rotatable bonds is 5. The molecule has 1 unspecified atom stereocenters. The molecule has 0 spiro atoms. The summed E-state index contributed by atoms with van der Waals surface area (Å²) in [5.41, 5.74) is 1.66. The second-order valence-corrected chi connectivity index (χ2v) is 6.83. The number of halogens is 3. The number of nitrogens with one attached hydrogen (secondary N) is 2. The van der Waals surface area contributed by atoms with E-state index in [1.165, 1.54) is 19.2 Å². The first-order chi connectivity index (χ1) is 14.2. The largest absolute Gasteiger partial charge is 0.573 e. The number of carbonyl (C=O) groups is 1. The maximum absolute atomic E-state index is 13.0. The summed E-state index contributed by atoms with van der Waals surface area (Å²) in [6, 6.07) is 5.41. The first kappa shape index (κ1) is 19.8. The average molecular weight is 421 g/mol. The second kappa shape index (κ2) is 7.39. The van der Waals surface area contributed by atoms with Crippen molar-refractivity contribution >= 4 is 17.4 Å². The van der Waals surface area contributed by atoms with Crippen LogP contribution in [-0.2, 0) is 4.79 Å². The topological polar surface area (TPSA) is 89.8 Å². The van der Waals surface area contributed by atoms with Gasteiger partial charge in [-0.2, -0.15) is 0 Å². The highest BCUT2D eigenvalue weighted by Gasteiger charge is 2.33. The van der Waals surface area contributed by atoms with Crippen LogP contribution in [0.5, 0.6) is 11.5 Å². The highest BCUT2D eigenvalue weighted by molar-refractivity contribution is 5.87. The van der Waals surface area contributed by atoms with Crippen LogP contribution in [0.15, 0.2) is 30.5 Å². The van der Waals surface area contributed by atoms with Crippen LogP contribution in [0.2, 0.25) is 0 Å². The molecule has 3 aromatic rings. The van der Waals surface area contributed by atoms with Gasteiger partial charge in [-0.25, -0.2) is 0 Å². The van der Waals surface area contributed by atoms with Gasteiger partial charge in [0.2, 0.25) is 11.9 Å². The summed E-state index contributed by atoms with van der Waals surface area (Å²) >= 11 is 0. The van der Waals surface area contributed by atoms with E-state index in [4.69, 9.17) is 4.74 Å². The van der Waals surface area contributed by atoms with Gasteiger partial charge in [0.15, 0.2) is 0 Å². The Bertz CT molecular complexity index is 1110. The van der Waals surface area contributed by atoms with Crippen molar-refractivity contribution < 1.29 is 27.4 Å². The SMILES string of the molecule is COc1ccc(-c2nnc(NC3CCNC3=O)n3cc(C)cc23)c(OC(F)(F)F)c1. The number of carbonyl (C=O) groups excluding carboxylic acids is 1. The Hall–Kier alpha value is -3.50. The zero-order valence-corrected chi connectivity index (χ0v) is 16.1. The van der Waals surface area contributed by atoms with Crippen LogP contribution < -0.4 is 20.1 Å². The molecule has 1 saturated heterocycles. The van der Waals surface area contributed by atoms with Gasteiger partial charge in [0, 0.05) is 24.4 Å². The number of hydrogen-bond donors (Lipinski definition) is 2. The maximum Gasteiger partial charge on any atom is 0.573 e. The van der Waals surface area contributed by atoms with Crippen molar-refractivity contribution in [2.24, 2.45) is 0 Å². The molecule has 1 aromatic carbocycles. The molecule has 4 rings (SSSR count). The summed E-state index contributed by atoms with van der Waals surface area (Å²) in [4.78, 5) is 11.9. The third kappa shape index (κ3) is 3.82. The Labute approximate surface area is 169 Å². The van der Waals surface area contributed by atoms with Crippen LogP contribution in [0, 0.1) is 6.92 Å². The Balaban J connectivity index is 1.82. The van der Waals surface area contributed by atoms with Gasteiger partial charge in [0.1, 0.15) is 23.2 Å². The third-order valence-electron chi connectivity index (χ3n) is 4.69. The molecule has 1 atom stereocenters. The molecule has 30 heavy (non-hydrogen) atoms. The van der Waals surface area contributed by atoms with Crippen LogP contribution in [-0.4, -0.2) is 46.6 Å². The van der Waals surface area contributed by atoms with Crippen LogP contribution in [0.1, 0.15) is 12.0 Å². The van der Waals surface area contributed by atoms with E-state index in [0.29, 0.717) is 24.4 Å². The first-order valence-corrected chi connectivity index (χ1v) is 9.09. The third-order valence-corrected chi connectivity index (χ3v) is 4.69. The Morgan fingerprint density at radius 3 is 2.73 bits per heavy atom. The molecule has 0 radical (unpaired) electrons. The quantitative estimate of drug-likeness (QED) is 0.659. The lowest BCUT2D eigenvalue weighted by Crippen LogP contribution is -2.30. The molecule has 0 saturated carbocycles. The zero-order valence-electron chi connectivity index (χ0n) is 16.1. The Kier molecular flexibility index (Phi) is 4.88. The van der Waals surface area contributed by atoms with Gasteiger partial charge in [-0.05, 0) is 37.1 Å². The number of fused-ring (bicyclic) bond motifs is 1. The van der Waals surface area contributed by atoms with Crippen molar-refractivity contribution in [3.63, 3.8) is 0 Å². The van der Waals surface area contributed by atoms with Crippen LogP contribution in [0.4, 0.5) is 19.1 Å². The first-order valence-electron chi connectivity index (χ1n) is 9.09. The molecule has 0 bridgehead atoms. The number of aryl methyl sites for hydroxylation is 1. The second-order valence-electron chi connectivity index (χ2n) is 6.83. The van der Waals surface area contributed by atoms with Gasteiger partial charge in [0.25, 0.3) is 0 Å². The van der Waals surface area contributed by atoms with Crippen molar-refractivity contribution in [2.75, 3.05) is 19.0 Å². The van der Waals surface area contributed by atoms with E-state index in [0.717, 1.165) is 11.6 Å². The minimum atomic E-state index is -4.89. The molecule has 2 aromatic heterocycles. The smallest absolute Gasteiger partial charge is 0.497 e. The molecule has 1 aliphatic rings. The molecule has 2 N–H and O–H groups in total. The van der Waals surface area contributed by atoms with Gasteiger partial charge in [-0.15, -0.1) is 23.4 Å². The summed E-state index contributed by atoms with van der Waals surface area (Å²) < 4.78 is 49.8. The number of alkyl halides is 3. The lowest BCUT2D eigenvalue weighted by Gasteiger charge is -2.16. The number of hydrogen-bond acceptors (Lipinski definition) is 6. The van der Waals surface area contributed by atoms with E-state index in [2.05, 4.69) is 25.6 Å². The fraction of sp³-hybridized carbons (Fsp3) is 0.316. The van der Waals surface area contributed by atoms with Crippen LogP contribution in [0.25, 0.3) is 16.8 Å². The van der Waals surface area contributed by atoms with E-state index in [-0.39, 0.29) is 22.9 Å². The molecule has 0 aliphatic carbocycles. The van der Waals surface area contributed by atoms with E-state index < -0.39 is 18.2 Å². The van der Waals surface area contributed by atoms with E-state index in [1.807, 2.05) is 6.92 Å². The lowest BCUT2D eigenvalue weighted by molar-refractivity contribution is -0.274. The number of aromatic nitrogens is 3. The normalized spacial score (nSPS) is 16.6. The molecule has 3 heterocycles. The lowest BCUT2D eigenvalue weighted by atomic mass is 10.1. The predicted octanol–water partition coefficient (Wildman–Crippen LogP) is 2.91. The van der Waals surface area contributed by atoms with Gasteiger partial charge < -0.3 is 20.1 Å². The molecular formula is C19H18F3N5O3. The molecular weight excluding hydrogens is 403 g/mol. The number of benzene rings is 1. The highest BCUT2D eigenvalue weighted by Crippen LogP contribution is 2.38. The predicted molar refractivity (Wildman–Crippen MR) is 101 cm³/mol. The minimum Gasteiger partial charge on any atom is -0.497 e. The molecule has 1 amide bonds. The molecule has 11 heteroatoms. The fourth-order valence-electron chi connectivity index (χ4n) is 3.36. The van der Waals surface area contributed by atoms with Gasteiger partial charge >= 0.3 is 6.36 Å². The number of ether oxygens (including phenoxy) is 2. The summed E-state index contributed by atoms with van der Waals surface area (Å²) in [5.74, 6) is -0.0727. The van der Waals surface area contributed by atoms with Crippen LogP contribution in [0.3, 0.4) is 0 Å². The van der Waals surface area contributed by atoms with Crippen molar-refractivity contribution in [3.8, 4) is 22.8 Å².